The van der Waals surface area contributed by atoms with Crippen LogP contribution in [0.25, 0.3) is 0 Å². The number of rotatable bonds is 2. The van der Waals surface area contributed by atoms with E-state index in [1.807, 2.05) is 0 Å². The minimum absolute atomic E-state index is 0.0106. The number of carbonyl (C=O) groups is 1. The van der Waals surface area contributed by atoms with Gasteiger partial charge in [0.15, 0.2) is 0 Å². The molecule has 2 aromatic rings. The standard InChI is InChI=1S/C12H6Br2F2N2O/c13-6-4-8(16)10(5-7(6)15)18-12(19)9-2-1-3-11(14)17-9/h1-5H,(H,18,19). The zero-order chi connectivity index (χ0) is 14.0. The molecule has 0 fully saturated rings. The number of carbonyl (C=O) groups excluding carboxylic acids is 1. The van der Waals surface area contributed by atoms with Crippen LogP contribution in [0.15, 0.2) is 39.4 Å². The minimum atomic E-state index is -0.739. The maximum atomic E-state index is 13.5. The molecule has 0 bridgehead atoms. The molecule has 0 atom stereocenters. The van der Waals surface area contributed by atoms with E-state index in [-0.39, 0.29) is 15.9 Å². The highest BCUT2D eigenvalue weighted by atomic mass is 79.9. The quantitative estimate of drug-likeness (QED) is 0.617. The number of benzene rings is 1. The summed E-state index contributed by atoms with van der Waals surface area (Å²) in [5.74, 6) is -2.03. The first-order valence-corrected chi connectivity index (χ1v) is 6.64. The Morgan fingerprint density at radius 1 is 1.16 bits per heavy atom. The summed E-state index contributed by atoms with van der Waals surface area (Å²) < 4.78 is 27.3. The fourth-order valence-electron chi connectivity index (χ4n) is 1.34. The van der Waals surface area contributed by atoms with E-state index >= 15 is 0 Å². The Balaban J connectivity index is 2.27. The second-order valence-corrected chi connectivity index (χ2v) is 5.21. The van der Waals surface area contributed by atoms with Gasteiger partial charge in [0, 0.05) is 6.07 Å². The third-order valence-corrected chi connectivity index (χ3v) is 3.26. The average molecular weight is 392 g/mol. The smallest absolute Gasteiger partial charge is 0.274 e. The molecule has 0 unspecified atom stereocenters. The molecule has 1 aromatic heterocycles. The SMILES string of the molecule is O=C(Nc1cc(F)c(Br)cc1F)c1cccc(Br)n1. The number of hydrogen-bond donors (Lipinski definition) is 1. The Morgan fingerprint density at radius 2 is 1.89 bits per heavy atom. The van der Waals surface area contributed by atoms with E-state index < -0.39 is 17.5 Å². The van der Waals surface area contributed by atoms with Crippen molar-refractivity contribution in [1.82, 2.24) is 4.98 Å². The average Bonchev–Trinajstić information content (AvgIpc) is 2.36. The Labute approximate surface area is 124 Å². The molecule has 1 heterocycles. The monoisotopic (exact) mass is 390 g/mol. The van der Waals surface area contributed by atoms with Crippen LogP contribution in [-0.4, -0.2) is 10.9 Å². The summed E-state index contributed by atoms with van der Waals surface area (Å²) in [7, 11) is 0. The number of hydrogen-bond acceptors (Lipinski definition) is 2. The minimum Gasteiger partial charge on any atom is -0.318 e. The molecular weight excluding hydrogens is 386 g/mol. The van der Waals surface area contributed by atoms with Crippen molar-refractivity contribution < 1.29 is 13.6 Å². The fourth-order valence-corrected chi connectivity index (χ4v) is 2.00. The van der Waals surface area contributed by atoms with Crippen LogP contribution in [0, 0.1) is 11.6 Å². The molecule has 1 aromatic carbocycles. The van der Waals surface area contributed by atoms with Crippen LogP contribution in [0.4, 0.5) is 14.5 Å². The summed E-state index contributed by atoms with van der Waals surface area (Å²) in [6.45, 7) is 0. The third-order valence-electron chi connectivity index (χ3n) is 2.21. The molecular formula is C12H6Br2F2N2O. The maximum Gasteiger partial charge on any atom is 0.274 e. The van der Waals surface area contributed by atoms with Gasteiger partial charge in [0.1, 0.15) is 21.9 Å². The summed E-state index contributed by atoms with van der Waals surface area (Å²) in [6.07, 6.45) is 0. The van der Waals surface area contributed by atoms with Crippen molar-refractivity contribution in [2.75, 3.05) is 5.32 Å². The van der Waals surface area contributed by atoms with Gasteiger partial charge in [-0.3, -0.25) is 4.79 Å². The van der Waals surface area contributed by atoms with Crippen LogP contribution in [0.3, 0.4) is 0 Å². The summed E-state index contributed by atoms with van der Waals surface area (Å²) in [6, 6.07) is 6.57. The molecule has 0 saturated carbocycles. The summed E-state index contributed by atoms with van der Waals surface area (Å²) in [5.41, 5.74) is -0.149. The molecule has 0 spiro atoms. The van der Waals surface area contributed by atoms with E-state index in [4.69, 9.17) is 0 Å². The molecule has 19 heavy (non-hydrogen) atoms. The lowest BCUT2D eigenvalue weighted by Gasteiger charge is -2.07. The maximum absolute atomic E-state index is 13.5. The van der Waals surface area contributed by atoms with Gasteiger partial charge in [0.25, 0.3) is 5.91 Å². The molecule has 98 valence electrons. The number of anilines is 1. The first kappa shape index (κ1) is 14.1. The van der Waals surface area contributed by atoms with Crippen molar-refractivity contribution in [3.8, 4) is 0 Å². The Morgan fingerprint density at radius 3 is 2.58 bits per heavy atom. The molecule has 7 heteroatoms. The van der Waals surface area contributed by atoms with Crippen LogP contribution in [0.5, 0.6) is 0 Å². The highest BCUT2D eigenvalue weighted by Gasteiger charge is 2.13. The van der Waals surface area contributed by atoms with E-state index in [0.29, 0.717) is 4.60 Å². The van der Waals surface area contributed by atoms with Crippen molar-refractivity contribution in [3.05, 3.63) is 56.7 Å². The van der Waals surface area contributed by atoms with Crippen LogP contribution in [0.1, 0.15) is 10.5 Å². The molecule has 0 aliphatic rings. The van der Waals surface area contributed by atoms with Crippen molar-refractivity contribution in [2.24, 2.45) is 0 Å². The highest BCUT2D eigenvalue weighted by molar-refractivity contribution is 9.10. The van der Waals surface area contributed by atoms with Gasteiger partial charge in [0.05, 0.1) is 10.2 Å². The number of nitrogens with one attached hydrogen (secondary N) is 1. The van der Waals surface area contributed by atoms with Crippen LogP contribution in [-0.2, 0) is 0 Å². The first-order chi connectivity index (χ1) is 8.97. The van der Waals surface area contributed by atoms with Crippen LogP contribution < -0.4 is 5.32 Å². The first-order valence-electron chi connectivity index (χ1n) is 5.06. The predicted molar refractivity (Wildman–Crippen MR) is 73.9 cm³/mol. The van der Waals surface area contributed by atoms with Gasteiger partial charge in [-0.1, -0.05) is 6.07 Å². The second-order valence-electron chi connectivity index (χ2n) is 3.55. The zero-order valence-electron chi connectivity index (χ0n) is 9.25. The van der Waals surface area contributed by atoms with E-state index in [2.05, 4.69) is 42.2 Å². The molecule has 0 aliphatic heterocycles. The molecule has 0 aliphatic carbocycles. The molecule has 1 amide bonds. The second kappa shape index (κ2) is 5.75. The van der Waals surface area contributed by atoms with Crippen molar-refractivity contribution in [3.63, 3.8) is 0 Å². The highest BCUT2D eigenvalue weighted by Crippen LogP contribution is 2.23. The van der Waals surface area contributed by atoms with E-state index in [1.54, 1.807) is 12.1 Å². The summed E-state index contributed by atoms with van der Waals surface area (Å²) in [5, 5.41) is 2.26. The van der Waals surface area contributed by atoms with Gasteiger partial charge in [-0.25, -0.2) is 13.8 Å². The van der Waals surface area contributed by atoms with Gasteiger partial charge in [-0.15, -0.1) is 0 Å². The summed E-state index contributed by atoms with van der Waals surface area (Å²) in [4.78, 5) is 15.7. The number of pyridine rings is 1. The largest absolute Gasteiger partial charge is 0.318 e. The number of amides is 1. The van der Waals surface area contributed by atoms with Gasteiger partial charge in [0.2, 0.25) is 0 Å². The third kappa shape index (κ3) is 3.36. The lowest BCUT2D eigenvalue weighted by molar-refractivity contribution is 0.102. The predicted octanol–water partition coefficient (Wildman–Crippen LogP) is 4.14. The Kier molecular flexibility index (Phi) is 4.26. The van der Waals surface area contributed by atoms with Crippen LogP contribution >= 0.6 is 31.9 Å². The Hall–Kier alpha value is -1.34. The van der Waals surface area contributed by atoms with E-state index in [1.165, 1.54) is 6.07 Å². The molecule has 3 nitrogen and oxygen atoms in total. The molecule has 0 radical (unpaired) electrons. The normalized spacial score (nSPS) is 10.3. The molecule has 1 N–H and O–H groups in total. The van der Waals surface area contributed by atoms with E-state index in [0.717, 1.165) is 12.1 Å². The van der Waals surface area contributed by atoms with Crippen LogP contribution in [0.2, 0.25) is 0 Å². The molecule has 2 rings (SSSR count). The zero-order valence-corrected chi connectivity index (χ0v) is 12.4. The topological polar surface area (TPSA) is 42.0 Å². The van der Waals surface area contributed by atoms with Gasteiger partial charge in [-0.2, -0.15) is 0 Å². The number of halogens is 4. The van der Waals surface area contributed by atoms with Gasteiger partial charge >= 0.3 is 0 Å². The van der Waals surface area contributed by atoms with Gasteiger partial charge in [-0.05, 0) is 50.1 Å². The van der Waals surface area contributed by atoms with Gasteiger partial charge < -0.3 is 5.32 Å². The van der Waals surface area contributed by atoms with E-state index in [9.17, 15) is 13.6 Å². The number of nitrogens with zero attached hydrogens (tertiary/aromatic N) is 1. The summed E-state index contributed by atoms with van der Waals surface area (Å²) >= 11 is 5.97. The van der Waals surface area contributed by atoms with Crippen molar-refractivity contribution >= 4 is 43.5 Å². The van der Waals surface area contributed by atoms with Crippen molar-refractivity contribution in [2.45, 2.75) is 0 Å². The lowest BCUT2D eigenvalue weighted by Crippen LogP contribution is -2.15. The van der Waals surface area contributed by atoms with Crippen molar-refractivity contribution in [1.29, 1.82) is 0 Å². The molecule has 0 saturated heterocycles. The number of aromatic nitrogens is 1. The lowest BCUT2D eigenvalue weighted by atomic mass is 10.2. The Bertz CT molecular complexity index is 650. The fraction of sp³-hybridized carbons (Fsp3) is 0.